The molecule has 0 radical (unpaired) electrons. The van der Waals surface area contributed by atoms with Gasteiger partial charge in [0.05, 0.1) is 5.60 Å². The van der Waals surface area contributed by atoms with Gasteiger partial charge in [0.15, 0.2) is 0 Å². The lowest BCUT2D eigenvalue weighted by atomic mass is 9.92. The molecule has 0 rings (SSSR count). The Kier molecular flexibility index (Phi) is 5.57. The van der Waals surface area contributed by atoms with E-state index < -0.39 is 5.60 Å². The number of nitrogens with zero attached hydrogens (tertiary/aromatic N) is 1. The largest absolute Gasteiger partial charge is 0.389 e. The lowest BCUT2D eigenvalue weighted by Gasteiger charge is -2.32. The molecule has 0 aromatic carbocycles. The second kappa shape index (κ2) is 5.61. The Morgan fingerprint density at radius 2 is 1.92 bits per heavy atom. The second-order valence-electron chi connectivity index (χ2n) is 4.60. The number of unbranched alkanes of at least 4 members (excludes halogenated alkanes) is 1. The van der Waals surface area contributed by atoms with E-state index >= 15 is 0 Å². The van der Waals surface area contributed by atoms with Crippen molar-refractivity contribution in [1.29, 1.82) is 0 Å². The van der Waals surface area contributed by atoms with Gasteiger partial charge in [-0.1, -0.05) is 27.2 Å². The molecule has 0 bridgehead atoms. The van der Waals surface area contributed by atoms with Crippen LogP contribution in [0.3, 0.4) is 0 Å². The first-order chi connectivity index (χ1) is 5.90. The van der Waals surface area contributed by atoms with Crippen LogP contribution >= 0.6 is 0 Å². The first-order valence-electron chi connectivity index (χ1n) is 5.31. The van der Waals surface area contributed by atoms with Gasteiger partial charge in [-0.2, -0.15) is 0 Å². The molecule has 0 aromatic heterocycles. The molecule has 0 spiro atoms. The first kappa shape index (κ1) is 12.9. The smallest absolute Gasteiger partial charge is 0.0768 e. The summed E-state index contributed by atoms with van der Waals surface area (Å²) >= 11 is 0. The second-order valence-corrected chi connectivity index (χ2v) is 4.60. The summed E-state index contributed by atoms with van der Waals surface area (Å²) in [5, 5.41) is 10.0. The van der Waals surface area contributed by atoms with Crippen molar-refractivity contribution < 1.29 is 5.11 Å². The van der Waals surface area contributed by atoms with Crippen LogP contribution < -0.4 is 0 Å². The third-order valence-corrected chi connectivity index (χ3v) is 2.73. The van der Waals surface area contributed by atoms with Gasteiger partial charge in [0.2, 0.25) is 0 Å². The summed E-state index contributed by atoms with van der Waals surface area (Å²) in [5.74, 6) is 0.316. The summed E-state index contributed by atoms with van der Waals surface area (Å²) in [6, 6.07) is 0. The summed E-state index contributed by atoms with van der Waals surface area (Å²) < 4.78 is 0. The van der Waals surface area contributed by atoms with Gasteiger partial charge < -0.3 is 10.0 Å². The van der Waals surface area contributed by atoms with Crippen molar-refractivity contribution in [2.75, 3.05) is 20.1 Å². The van der Waals surface area contributed by atoms with Crippen LogP contribution in [0.4, 0.5) is 0 Å². The Hall–Kier alpha value is -0.0800. The molecule has 13 heavy (non-hydrogen) atoms. The van der Waals surface area contributed by atoms with Crippen LogP contribution in [0.2, 0.25) is 0 Å². The molecule has 1 atom stereocenters. The molecule has 2 nitrogen and oxygen atoms in total. The van der Waals surface area contributed by atoms with Crippen molar-refractivity contribution in [3.63, 3.8) is 0 Å². The van der Waals surface area contributed by atoms with Gasteiger partial charge in [-0.3, -0.25) is 0 Å². The fourth-order valence-corrected chi connectivity index (χ4v) is 1.24. The minimum absolute atomic E-state index is 0.316. The Labute approximate surface area is 82.9 Å². The van der Waals surface area contributed by atoms with Crippen molar-refractivity contribution in [1.82, 2.24) is 4.90 Å². The summed E-state index contributed by atoms with van der Waals surface area (Å²) in [6.45, 7) is 10.1. The van der Waals surface area contributed by atoms with Crippen LogP contribution in [0.5, 0.6) is 0 Å². The van der Waals surface area contributed by atoms with Crippen LogP contribution in [0, 0.1) is 5.92 Å². The molecular weight excluding hydrogens is 162 g/mol. The van der Waals surface area contributed by atoms with Gasteiger partial charge in [0.1, 0.15) is 0 Å². The van der Waals surface area contributed by atoms with Crippen LogP contribution in [0.15, 0.2) is 0 Å². The third kappa shape index (κ3) is 5.27. The fourth-order valence-electron chi connectivity index (χ4n) is 1.24. The summed E-state index contributed by atoms with van der Waals surface area (Å²) in [7, 11) is 2.08. The summed E-state index contributed by atoms with van der Waals surface area (Å²) in [5.41, 5.74) is -0.553. The topological polar surface area (TPSA) is 23.5 Å². The minimum Gasteiger partial charge on any atom is -0.389 e. The molecule has 1 unspecified atom stereocenters. The van der Waals surface area contributed by atoms with Crippen molar-refractivity contribution >= 4 is 0 Å². The van der Waals surface area contributed by atoms with E-state index in [1.54, 1.807) is 0 Å². The fraction of sp³-hybridized carbons (Fsp3) is 1.00. The van der Waals surface area contributed by atoms with Crippen LogP contribution in [-0.2, 0) is 0 Å². The van der Waals surface area contributed by atoms with Crippen molar-refractivity contribution in [3.05, 3.63) is 0 Å². The third-order valence-electron chi connectivity index (χ3n) is 2.73. The van der Waals surface area contributed by atoms with Crippen molar-refractivity contribution in [2.24, 2.45) is 5.92 Å². The van der Waals surface area contributed by atoms with Gasteiger partial charge >= 0.3 is 0 Å². The highest BCUT2D eigenvalue weighted by Gasteiger charge is 2.25. The molecule has 0 saturated carbocycles. The Bertz CT molecular complexity index is 132. The van der Waals surface area contributed by atoms with Gasteiger partial charge in [-0.15, -0.1) is 0 Å². The quantitative estimate of drug-likeness (QED) is 0.688. The molecular formula is C11H25NO. The zero-order chi connectivity index (χ0) is 10.5. The van der Waals surface area contributed by atoms with Crippen molar-refractivity contribution in [3.8, 4) is 0 Å². The van der Waals surface area contributed by atoms with Gasteiger partial charge in [0.25, 0.3) is 0 Å². The molecule has 0 fully saturated rings. The van der Waals surface area contributed by atoms with Crippen molar-refractivity contribution in [2.45, 2.75) is 46.1 Å². The SMILES string of the molecule is CCCCN(C)CC(C)(O)C(C)C. The standard InChI is InChI=1S/C11H25NO/c1-6-7-8-12(5)9-11(4,13)10(2)3/h10,13H,6-9H2,1-5H3. The molecule has 80 valence electrons. The predicted octanol–water partition coefficient (Wildman–Crippen LogP) is 2.13. The predicted molar refractivity (Wildman–Crippen MR) is 57.9 cm³/mol. The number of rotatable bonds is 6. The van der Waals surface area contributed by atoms with E-state index in [2.05, 4.69) is 32.7 Å². The molecule has 0 aliphatic carbocycles. The van der Waals surface area contributed by atoms with Gasteiger partial charge in [-0.05, 0) is 32.9 Å². The van der Waals surface area contributed by atoms with Crippen LogP contribution in [0.1, 0.15) is 40.5 Å². The highest BCUT2D eigenvalue weighted by molar-refractivity contribution is 4.79. The zero-order valence-electron chi connectivity index (χ0n) is 9.80. The number of likely N-dealkylation sites (N-methyl/N-ethyl adjacent to an activating group) is 1. The highest BCUT2D eigenvalue weighted by atomic mass is 16.3. The maximum Gasteiger partial charge on any atom is 0.0768 e. The molecule has 0 aliphatic rings. The van der Waals surface area contributed by atoms with E-state index in [1.165, 1.54) is 12.8 Å². The van der Waals surface area contributed by atoms with E-state index in [4.69, 9.17) is 0 Å². The molecule has 0 saturated heterocycles. The lowest BCUT2D eigenvalue weighted by Crippen LogP contribution is -2.43. The summed E-state index contributed by atoms with van der Waals surface area (Å²) in [4.78, 5) is 2.21. The molecule has 0 aliphatic heterocycles. The maximum absolute atomic E-state index is 10.0. The van der Waals surface area contributed by atoms with Gasteiger partial charge in [0, 0.05) is 6.54 Å². The van der Waals surface area contributed by atoms with E-state index in [-0.39, 0.29) is 0 Å². The molecule has 0 amide bonds. The Balaban J connectivity index is 3.82. The average molecular weight is 187 g/mol. The van der Waals surface area contributed by atoms with Crippen LogP contribution in [0.25, 0.3) is 0 Å². The first-order valence-corrected chi connectivity index (χ1v) is 5.31. The molecule has 0 heterocycles. The lowest BCUT2D eigenvalue weighted by molar-refractivity contribution is -0.0132. The zero-order valence-corrected chi connectivity index (χ0v) is 9.80. The normalized spacial score (nSPS) is 16.6. The molecule has 0 aromatic rings. The van der Waals surface area contributed by atoms with Crippen LogP contribution in [-0.4, -0.2) is 35.7 Å². The Morgan fingerprint density at radius 3 is 2.31 bits per heavy atom. The highest BCUT2D eigenvalue weighted by Crippen LogP contribution is 2.16. The monoisotopic (exact) mass is 187 g/mol. The number of hydrogen-bond donors (Lipinski definition) is 1. The van der Waals surface area contributed by atoms with E-state index in [1.807, 2.05) is 6.92 Å². The minimum atomic E-state index is -0.553. The summed E-state index contributed by atoms with van der Waals surface area (Å²) in [6.07, 6.45) is 2.43. The maximum atomic E-state index is 10.0. The Morgan fingerprint density at radius 1 is 1.38 bits per heavy atom. The molecule has 1 N–H and O–H groups in total. The van der Waals surface area contributed by atoms with E-state index in [0.29, 0.717) is 5.92 Å². The molecule has 2 heteroatoms. The van der Waals surface area contributed by atoms with E-state index in [0.717, 1.165) is 13.1 Å². The average Bonchev–Trinajstić information content (AvgIpc) is 1.99. The number of hydrogen-bond acceptors (Lipinski definition) is 2. The van der Waals surface area contributed by atoms with Gasteiger partial charge in [-0.25, -0.2) is 0 Å². The van der Waals surface area contributed by atoms with E-state index in [9.17, 15) is 5.11 Å². The number of aliphatic hydroxyl groups is 1.